The molecule has 0 bridgehead atoms. The second-order valence-electron chi connectivity index (χ2n) is 4.68. The maximum absolute atomic E-state index is 12.2. The molecule has 0 fully saturated rings. The van der Waals surface area contributed by atoms with Gasteiger partial charge < -0.3 is 14.4 Å². The molecule has 2 aromatic rings. The molecule has 2 rings (SSSR count). The van der Waals surface area contributed by atoms with Crippen LogP contribution in [-0.2, 0) is 6.54 Å². The van der Waals surface area contributed by atoms with E-state index in [2.05, 4.69) is 11.8 Å². The molecule has 0 saturated heterocycles. The lowest BCUT2D eigenvalue weighted by atomic mass is 10.2. The van der Waals surface area contributed by atoms with Gasteiger partial charge in [0.25, 0.3) is 5.91 Å². The predicted molar refractivity (Wildman–Crippen MR) is 82.1 cm³/mol. The van der Waals surface area contributed by atoms with Gasteiger partial charge in [0.05, 0.1) is 18.7 Å². The minimum atomic E-state index is -0.0619. The van der Waals surface area contributed by atoms with E-state index in [1.54, 1.807) is 29.4 Å². The third-order valence-electron chi connectivity index (χ3n) is 2.84. The van der Waals surface area contributed by atoms with Crippen molar-refractivity contribution < 1.29 is 14.3 Å². The van der Waals surface area contributed by atoms with Gasteiger partial charge in [0.2, 0.25) is 0 Å². The normalized spacial score (nSPS) is 10.0. The number of thiophene rings is 1. The van der Waals surface area contributed by atoms with Crippen LogP contribution in [0.1, 0.15) is 33.0 Å². The van der Waals surface area contributed by atoms with E-state index in [4.69, 9.17) is 9.52 Å². The highest BCUT2D eigenvalue weighted by atomic mass is 32.1. The Kier molecular flexibility index (Phi) is 5.20. The Bertz CT molecular complexity index is 675. The number of aliphatic hydroxyl groups excluding tert-OH is 1. The first kappa shape index (κ1) is 15.4. The third-order valence-corrected chi connectivity index (χ3v) is 3.76. The number of aliphatic hydroxyl groups is 1. The zero-order chi connectivity index (χ0) is 15.2. The average Bonchev–Trinajstić information content (AvgIpc) is 3.07. The Labute approximate surface area is 128 Å². The van der Waals surface area contributed by atoms with Gasteiger partial charge in [0, 0.05) is 29.3 Å². The van der Waals surface area contributed by atoms with Crippen LogP contribution in [0.4, 0.5) is 0 Å². The van der Waals surface area contributed by atoms with Crippen molar-refractivity contribution >= 4 is 17.2 Å². The molecule has 0 spiro atoms. The molecule has 0 saturated carbocycles. The number of aryl methyl sites for hydroxylation is 1. The van der Waals surface area contributed by atoms with Crippen molar-refractivity contribution in [3.8, 4) is 11.8 Å². The molecule has 0 aromatic carbocycles. The van der Waals surface area contributed by atoms with Gasteiger partial charge in [-0.05, 0) is 19.1 Å². The predicted octanol–water partition coefficient (Wildman–Crippen LogP) is 2.66. The highest BCUT2D eigenvalue weighted by Crippen LogP contribution is 2.17. The molecule has 0 aliphatic rings. The molecule has 1 N–H and O–H groups in total. The first-order chi connectivity index (χ1) is 10.1. The van der Waals surface area contributed by atoms with Crippen LogP contribution in [0.25, 0.3) is 0 Å². The molecular formula is C16H17NO3S. The zero-order valence-electron chi connectivity index (χ0n) is 12.0. The fraction of sp³-hybridized carbons (Fsp3) is 0.312. The first-order valence-corrected chi connectivity index (χ1v) is 7.46. The minimum absolute atomic E-state index is 0.0619. The van der Waals surface area contributed by atoms with Crippen LogP contribution in [0.2, 0.25) is 0 Å². The smallest absolute Gasteiger partial charge is 0.257 e. The Morgan fingerprint density at radius 1 is 1.48 bits per heavy atom. The van der Waals surface area contributed by atoms with Crippen molar-refractivity contribution in [2.75, 3.05) is 13.7 Å². The van der Waals surface area contributed by atoms with E-state index in [1.165, 1.54) is 6.26 Å². The number of hydrogen-bond acceptors (Lipinski definition) is 4. The lowest BCUT2D eigenvalue weighted by Crippen LogP contribution is -2.25. The highest BCUT2D eigenvalue weighted by molar-refractivity contribution is 7.10. The second kappa shape index (κ2) is 7.11. The summed E-state index contributed by atoms with van der Waals surface area (Å²) in [7, 11) is 1.77. The fourth-order valence-corrected chi connectivity index (χ4v) is 2.70. The van der Waals surface area contributed by atoms with Crippen LogP contribution in [0, 0.1) is 18.8 Å². The summed E-state index contributed by atoms with van der Waals surface area (Å²) >= 11 is 1.57. The number of rotatable bonds is 4. The summed E-state index contributed by atoms with van der Waals surface area (Å²) in [5.41, 5.74) is 1.48. The van der Waals surface area contributed by atoms with Crippen LogP contribution < -0.4 is 0 Å². The Morgan fingerprint density at radius 2 is 2.29 bits per heavy atom. The molecule has 4 nitrogen and oxygen atoms in total. The van der Waals surface area contributed by atoms with E-state index >= 15 is 0 Å². The van der Waals surface area contributed by atoms with E-state index < -0.39 is 0 Å². The van der Waals surface area contributed by atoms with Crippen LogP contribution in [0.15, 0.2) is 28.2 Å². The summed E-state index contributed by atoms with van der Waals surface area (Å²) < 4.78 is 5.16. The summed E-state index contributed by atoms with van der Waals surface area (Å²) in [4.78, 5) is 14.9. The Balaban J connectivity index is 1.98. The number of amides is 1. The number of furan rings is 1. The summed E-state index contributed by atoms with van der Waals surface area (Å²) in [5.74, 6) is 6.53. The largest absolute Gasteiger partial charge is 0.469 e. The topological polar surface area (TPSA) is 53.7 Å². The fourth-order valence-electron chi connectivity index (χ4n) is 1.83. The average molecular weight is 303 g/mol. The monoisotopic (exact) mass is 303 g/mol. The van der Waals surface area contributed by atoms with E-state index in [9.17, 15) is 4.79 Å². The Hall–Kier alpha value is -2.03. The molecule has 1 amide bonds. The molecule has 5 heteroatoms. The van der Waals surface area contributed by atoms with Crippen molar-refractivity contribution in [3.05, 3.63) is 45.5 Å². The molecule has 0 radical (unpaired) electrons. The Morgan fingerprint density at radius 3 is 2.95 bits per heavy atom. The molecular weight excluding hydrogens is 286 g/mol. The number of hydrogen-bond donors (Lipinski definition) is 1. The number of carbonyl (C=O) groups is 1. The lowest BCUT2D eigenvalue weighted by Gasteiger charge is -2.14. The van der Waals surface area contributed by atoms with Crippen molar-refractivity contribution in [2.45, 2.75) is 19.9 Å². The van der Waals surface area contributed by atoms with E-state index in [0.717, 1.165) is 16.2 Å². The van der Waals surface area contributed by atoms with Gasteiger partial charge in [-0.25, -0.2) is 0 Å². The molecule has 0 atom stereocenters. The second-order valence-corrected chi connectivity index (χ2v) is 5.68. The van der Waals surface area contributed by atoms with E-state index in [0.29, 0.717) is 18.5 Å². The zero-order valence-corrected chi connectivity index (χ0v) is 12.9. The van der Waals surface area contributed by atoms with Crippen molar-refractivity contribution in [2.24, 2.45) is 0 Å². The van der Waals surface area contributed by atoms with Gasteiger partial charge in [-0.2, -0.15) is 0 Å². The quantitative estimate of drug-likeness (QED) is 0.884. The minimum Gasteiger partial charge on any atom is -0.469 e. The van der Waals surface area contributed by atoms with Gasteiger partial charge in [0.1, 0.15) is 12.0 Å². The third kappa shape index (κ3) is 4.22. The summed E-state index contributed by atoms with van der Waals surface area (Å²) in [6.45, 7) is 2.42. The van der Waals surface area contributed by atoms with Crippen molar-refractivity contribution in [1.29, 1.82) is 0 Å². The van der Waals surface area contributed by atoms with Gasteiger partial charge in [-0.1, -0.05) is 11.8 Å². The molecule has 2 heterocycles. The maximum Gasteiger partial charge on any atom is 0.257 e. The van der Waals surface area contributed by atoms with E-state index in [-0.39, 0.29) is 12.5 Å². The summed E-state index contributed by atoms with van der Waals surface area (Å²) in [6, 6.07) is 3.71. The van der Waals surface area contributed by atoms with Crippen LogP contribution in [0.3, 0.4) is 0 Å². The first-order valence-electron chi connectivity index (χ1n) is 6.58. The number of nitrogens with zero attached hydrogens (tertiary/aromatic N) is 1. The van der Waals surface area contributed by atoms with Crippen LogP contribution in [0.5, 0.6) is 0 Å². The SMILES string of the molecule is Cc1cc(C(=O)N(C)Cc2cc(C#CCCO)cs2)co1. The molecule has 0 aliphatic carbocycles. The number of carbonyl (C=O) groups excluding carboxylic acids is 1. The van der Waals surface area contributed by atoms with Gasteiger partial charge in [0.15, 0.2) is 0 Å². The van der Waals surface area contributed by atoms with E-state index in [1.807, 2.05) is 18.4 Å². The molecule has 21 heavy (non-hydrogen) atoms. The molecule has 0 unspecified atom stereocenters. The molecule has 2 aromatic heterocycles. The maximum atomic E-state index is 12.2. The lowest BCUT2D eigenvalue weighted by molar-refractivity contribution is 0.0785. The standard InChI is InChI=1S/C16H17NO3S/c1-12-7-14(10-20-12)16(19)17(2)9-15-8-13(11-21-15)5-3-4-6-18/h7-8,10-11,18H,4,6,9H2,1-2H3. The molecule has 110 valence electrons. The highest BCUT2D eigenvalue weighted by Gasteiger charge is 2.14. The summed E-state index contributed by atoms with van der Waals surface area (Å²) in [6.07, 6.45) is 1.96. The summed E-state index contributed by atoms with van der Waals surface area (Å²) in [5, 5.41) is 10.6. The molecule has 0 aliphatic heterocycles. The van der Waals surface area contributed by atoms with Gasteiger partial charge in [-0.3, -0.25) is 4.79 Å². The van der Waals surface area contributed by atoms with Crippen LogP contribution >= 0.6 is 11.3 Å². The van der Waals surface area contributed by atoms with Gasteiger partial charge >= 0.3 is 0 Å². The van der Waals surface area contributed by atoms with Crippen molar-refractivity contribution in [1.82, 2.24) is 4.90 Å². The van der Waals surface area contributed by atoms with Crippen LogP contribution in [-0.4, -0.2) is 29.6 Å². The van der Waals surface area contributed by atoms with Crippen molar-refractivity contribution in [3.63, 3.8) is 0 Å². The van der Waals surface area contributed by atoms with Gasteiger partial charge in [-0.15, -0.1) is 11.3 Å².